The molecule has 1 fully saturated rings. The zero-order valence-electron chi connectivity index (χ0n) is 12.2. The average Bonchev–Trinajstić information content (AvgIpc) is 2.88. The molecule has 0 aliphatic heterocycles. The molecule has 1 aliphatic rings. The van der Waals surface area contributed by atoms with Gasteiger partial charge in [-0.15, -0.1) is 0 Å². The first-order chi connectivity index (χ1) is 9.74. The molecule has 1 saturated carbocycles. The number of hydrogen-bond acceptors (Lipinski definition) is 4. The zero-order chi connectivity index (χ0) is 14.0. The summed E-state index contributed by atoms with van der Waals surface area (Å²) in [4.78, 5) is 8.94. The van der Waals surface area contributed by atoms with Crippen LogP contribution in [0, 0.1) is 0 Å². The summed E-state index contributed by atoms with van der Waals surface area (Å²) in [5.41, 5.74) is 2.10. The minimum atomic E-state index is 0.372. The van der Waals surface area contributed by atoms with E-state index in [0.717, 1.165) is 23.4 Å². The summed E-state index contributed by atoms with van der Waals surface area (Å²) in [6, 6.07) is 2.01. The molecule has 108 valence electrons. The lowest BCUT2D eigenvalue weighted by molar-refractivity contribution is 0.411. The molecule has 20 heavy (non-hydrogen) atoms. The molecule has 2 heterocycles. The average molecular weight is 290 g/mol. The van der Waals surface area contributed by atoms with Crippen LogP contribution in [0.5, 0.6) is 0 Å². The van der Waals surface area contributed by atoms with Crippen molar-refractivity contribution in [3.8, 4) is 0 Å². The SMILES string of the molecule is CSC1(CNc2nccc3c2ncn3C)CCCCC1. The van der Waals surface area contributed by atoms with Crippen LogP contribution in [0.3, 0.4) is 0 Å². The number of hydrogen-bond donors (Lipinski definition) is 1. The first-order valence-electron chi connectivity index (χ1n) is 7.29. The quantitative estimate of drug-likeness (QED) is 0.936. The van der Waals surface area contributed by atoms with Crippen molar-refractivity contribution in [1.29, 1.82) is 0 Å². The molecule has 0 unspecified atom stereocenters. The van der Waals surface area contributed by atoms with Gasteiger partial charge in [0.1, 0.15) is 5.52 Å². The molecular weight excluding hydrogens is 268 g/mol. The number of pyridine rings is 1. The number of rotatable bonds is 4. The van der Waals surface area contributed by atoms with Crippen LogP contribution in [0.2, 0.25) is 0 Å². The summed E-state index contributed by atoms with van der Waals surface area (Å²) in [7, 11) is 2.02. The molecule has 1 N–H and O–H groups in total. The van der Waals surface area contributed by atoms with Crippen LogP contribution in [0.1, 0.15) is 32.1 Å². The summed E-state index contributed by atoms with van der Waals surface area (Å²) in [5, 5.41) is 3.55. The zero-order valence-corrected chi connectivity index (χ0v) is 13.0. The number of thioether (sulfide) groups is 1. The van der Waals surface area contributed by atoms with Crippen molar-refractivity contribution in [3.63, 3.8) is 0 Å². The first kappa shape index (κ1) is 13.7. The van der Waals surface area contributed by atoms with Gasteiger partial charge in [-0.05, 0) is 25.2 Å². The van der Waals surface area contributed by atoms with Crippen molar-refractivity contribution in [3.05, 3.63) is 18.6 Å². The standard InChI is InChI=1S/C15H22N4S/c1-19-11-18-13-12(19)6-9-16-14(13)17-10-15(20-2)7-4-3-5-8-15/h6,9,11H,3-5,7-8,10H2,1-2H3,(H,16,17). The Morgan fingerprint density at radius 2 is 2.10 bits per heavy atom. The number of aryl methyl sites for hydroxylation is 1. The molecule has 0 amide bonds. The van der Waals surface area contributed by atoms with E-state index in [0.29, 0.717) is 4.75 Å². The van der Waals surface area contributed by atoms with Crippen molar-refractivity contribution in [2.75, 3.05) is 18.1 Å². The van der Waals surface area contributed by atoms with Gasteiger partial charge >= 0.3 is 0 Å². The Kier molecular flexibility index (Phi) is 3.87. The molecule has 4 nitrogen and oxygen atoms in total. The topological polar surface area (TPSA) is 42.7 Å². The molecule has 0 saturated heterocycles. The second-order valence-corrected chi connectivity index (χ2v) is 6.96. The Bertz CT molecular complexity index is 587. The van der Waals surface area contributed by atoms with Crippen LogP contribution < -0.4 is 5.32 Å². The van der Waals surface area contributed by atoms with Crippen LogP contribution in [0.4, 0.5) is 5.82 Å². The largest absolute Gasteiger partial charge is 0.367 e. The molecule has 3 rings (SSSR count). The molecule has 5 heteroatoms. The lowest BCUT2D eigenvalue weighted by Crippen LogP contribution is -2.35. The summed E-state index contributed by atoms with van der Waals surface area (Å²) in [5.74, 6) is 0.919. The maximum absolute atomic E-state index is 4.47. The van der Waals surface area contributed by atoms with E-state index in [1.54, 1.807) is 0 Å². The summed E-state index contributed by atoms with van der Waals surface area (Å²) in [6.45, 7) is 0.983. The molecular formula is C15H22N4S. The fourth-order valence-corrected chi connectivity index (χ4v) is 4.00. The Morgan fingerprint density at radius 3 is 2.85 bits per heavy atom. The van der Waals surface area contributed by atoms with Crippen molar-refractivity contribution in [1.82, 2.24) is 14.5 Å². The highest BCUT2D eigenvalue weighted by molar-refractivity contribution is 8.00. The molecule has 0 bridgehead atoms. The number of nitrogens with one attached hydrogen (secondary N) is 1. The maximum atomic E-state index is 4.47. The summed E-state index contributed by atoms with van der Waals surface area (Å²) >= 11 is 2.01. The van der Waals surface area contributed by atoms with Crippen LogP contribution in [0.25, 0.3) is 11.0 Å². The maximum Gasteiger partial charge on any atom is 0.154 e. The third-order valence-electron chi connectivity index (χ3n) is 4.42. The Labute approximate surface area is 124 Å². The van der Waals surface area contributed by atoms with E-state index in [-0.39, 0.29) is 0 Å². The summed E-state index contributed by atoms with van der Waals surface area (Å²) in [6.07, 6.45) is 12.6. The van der Waals surface area contributed by atoms with Gasteiger partial charge in [0.15, 0.2) is 5.82 Å². The minimum absolute atomic E-state index is 0.372. The van der Waals surface area contributed by atoms with Gasteiger partial charge < -0.3 is 9.88 Å². The van der Waals surface area contributed by atoms with Gasteiger partial charge in [-0.2, -0.15) is 11.8 Å². The fraction of sp³-hybridized carbons (Fsp3) is 0.600. The second-order valence-electron chi connectivity index (χ2n) is 5.68. The van der Waals surface area contributed by atoms with E-state index in [2.05, 4.69) is 21.5 Å². The predicted molar refractivity (Wildman–Crippen MR) is 86.3 cm³/mol. The van der Waals surface area contributed by atoms with E-state index in [4.69, 9.17) is 0 Å². The van der Waals surface area contributed by atoms with Crippen LogP contribution in [-0.4, -0.2) is 32.1 Å². The Hall–Kier alpha value is -1.23. The monoisotopic (exact) mass is 290 g/mol. The Morgan fingerprint density at radius 1 is 1.30 bits per heavy atom. The lowest BCUT2D eigenvalue weighted by atomic mass is 9.88. The molecule has 2 aromatic rings. The van der Waals surface area contributed by atoms with Crippen molar-refractivity contribution in [2.45, 2.75) is 36.9 Å². The van der Waals surface area contributed by atoms with E-state index in [1.807, 2.05) is 42.0 Å². The van der Waals surface area contributed by atoms with Gasteiger partial charge in [-0.1, -0.05) is 19.3 Å². The van der Waals surface area contributed by atoms with Crippen molar-refractivity contribution >= 4 is 28.6 Å². The first-order valence-corrected chi connectivity index (χ1v) is 8.52. The molecule has 1 aliphatic carbocycles. The highest BCUT2D eigenvalue weighted by Crippen LogP contribution is 2.38. The number of nitrogens with zero attached hydrogens (tertiary/aromatic N) is 3. The smallest absolute Gasteiger partial charge is 0.154 e. The van der Waals surface area contributed by atoms with Gasteiger partial charge in [-0.25, -0.2) is 9.97 Å². The second kappa shape index (κ2) is 5.64. The highest BCUT2D eigenvalue weighted by Gasteiger charge is 2.31. The lowest BCUT2D eigenvalue weighted by Gasteiger charge is -2.36. The molecule has 0 radical (unpaired) electrons. The van der Waals surface area contributed by atoms with Gasteiger partial charge in [0.2, 0.25) is 0 Å². The van der Waals surface area contributed by atoms with Crippen LogP contribution in [0.15, 0.2) is 18.6 Å². The van der Waals surface area contributed by atoms with Crippen molar-refractivity contribution < 1.29 is 0 Å². The Balaban J connectivity index is 1.79. The molecule has 0 spiro atoms. The van der Waals surface area contributed by atoms with Crippen LogP contribution in [-0.2, 0) is 7.05 Å². The number of imidazole rings is 1. The van der Waals surface area contributed by atoms with Gasteiger partial charge in [0.05, 0.1) is 11.8 Å². The van der Waals surface area contributed by atoms with Crippen LogP contribution >= 0.6 is 11.8 Å². The fourth-order valence-electron chi connectivity index (χ4n) is 3.09. The van der Waals surface area contributed by atoms with Gasteiger partial charge in [0, 0.05) is 24.5 Å². The van der Waals surface area contributed by atoms with E-state index in [9.17, 15) is 0 Å². The third-order valence-corrected chi connectivity index (χ3v) is 5.84. The number of fused-ring (bicyclic) bond motifs is 1. The summed E-state index contributed by atoms with van der Waals surface area (Å²) < 4.78 is 2.41. The number of aromatic nitrogens is 3. The number of anilines is 1. The molecule has 2 aromatic heterocycles. The van der Waals surface area contributed by atoms with E-state index >= 15 is 0 Å². The highest BCUT2D eigenvalue weighted by atomic mass is 32.2. The van der Waals surface area contributed by atoms with Crippen molar-refractivity contribution in [2.24, 2.45) is 7.05 Å². The minimum Gasteiger partial charge on any atom is -0.367 e. The van der Waals surface area contributed by atoms with Gasteiger partial charge in [0.25, 0.3) is 0 Å². The van der Waals surface area contributed by atoms with E-state index < -0.39 is 0 Å². The third kappa shape index (κ3) is 2.51. The predicted octanol–water partition coefficient (Wildman–Crippen LogP) is 3.45. The van der Waals surface area contributed by atoms with Gasteiger partial charge in [-0.3, -0.25) is 0 Å². The normalized spacial score (nSPS) is 18.3. The van der Waals surface area contributed by atoms with E-state index in [1.165, 1.54) is 32.1 Å². The molecule has 0 aromatic carbocycles. The molecule has 0 atom stereocenters.